The Hall–Kier alpha value is -2.76. The molecule has 0 atom stereocenters. The van der Waals surface area contributed by atoms with Crippen LogP contribution in [-0.4, -0.2) is 30.6 Å². The fourth-order valence-corrected chi connectivity index (χ4v) is 3.13. The molecule has 0 aliphatic carbocycles. The Bertz CT molecular complexity index is 883. The molecule has 3 aromatic heterocycles. The van der Waals surface area contributed by atoms with Gasteiger partial charge < -0.3 is 5.11 Å². The Morgan fingerprint density at radius 2 is 1.92 bits per heavy atom. The Kier molecular flexibility index (Phi) is 4.05. The van der Waals surface area contributed by atoms with Gasteiger partial charge in [0, 0.05) is 24.2 Å². The van der Waals surface area contributed by atoms with Crippen LogP contribution in [0, 0.1) is 6.92 Å². The molecule has 0 unspecified atom stereocenters. The van der Waals surface area contributed by atoms with Crippen LogP contribution in [0.1, 0.15) is 32.3 Å². The highest BCUT2D eigenvalue weighted by atomic mass is 16.4. The predicted molar refractivity (Wildman–Crippen MR) is 91.7 cm³/mol. The largest absolute Gasteiger partial charge is 0.479 e. The number of nitrogens with zero attached hydrogens (tertiary/aromatic N) is 4. The standard InChI is InChI=1S/C18H20N4O2/c1-4-18(5-2,17(23)24)22-15(13-6-8-19-9-7-13)21-14-10-12(3)11-20-16(14)22/h6-11H,4-5H2,1-3H3,(H,23,24). The van der Waals surface area contributed by atoms with E-state index in [4.69, 9.17) is 4.98 Å². The molecule has 0 aliphatic rings. The highest BCUT2D eigenvalue weighted by Gasteiger charge is 2.40. The van der Waals surface area contributed by atoms with Gasteiger partial charge in [0.2, 0.25) is 0 Å². The van der Waals surface area contributed by atoms with E-state index in [1.807, 2.05) is 39.0 Å². The minimum absolute atomic E-state index is 0.442. The van der Waals surface area contributed by atoms with Crippen molar-refractivity contribution in [2.75, 3.05) is 0 Å². The lowest BCUT2D eigenvalue weighted by molar-refractivity contribution is -0.147. The molecule has 0 saturated carbocycles. The van der Waals surface area contributed by atoms with E-state index in [9.17, 15) is 9.90 Å². The topological polar surface area (TPSA) is 80.9 Å². The van der Waals surface area contributed by atoms with Gasteiger partial charge in [0.25, 0.3) is 0 Å². The van der Waals surface area contributed by atoms with Crippen LogP contribution in [0.4, 0.5) is 0 Å². The van der Waals surface area contributed by atoms with Crippen LogP contribution in [0.2, 0.25) is 0 Å². The van der Waals surface area contributed by atoms with E-state index in [0.29, 0.717) is 29.8 Å². The number of carboxylic acids is 1. The second-order valence-electron chi connectivity index (χ2n) is 5.91. The molecule has 0 aromatic carbocycles. The van der Waals surface area contributed by atoms with Crippen molar-refractivity contribution in [3.05, 3.63) is 42.4 Å². The first-order chi connectivity index (χ1) is 11.5. The summed E-state index contributed by atoms with van der Waals surface area (Å²) in [5.41, 5.74) is 2.03. The highest BCUT2D eigenvalue weighted by molar-refractivity contribution is 5.84. The Labute approximate surface area is 140 Å². The molecule has 24 heavy (non-hydrogen) atoms. The average Bonchev–Trinajstić information content (AvgIpc) is 2.96. The van der Waals surface area contributed by atoms with E-state index in [1.54, 1.807) is 23.2 Å². The van der Waals surface area contributed by atoms with Crippen LogP contribution >= 0.6 is 0 Å². The Morgan fingerprint density at radius 1 is 1.25 bits per heavy atom. The van der Waals surface area contributed by atoms with Crippen molar-refractivity contribution in [1.82, 2.24) is 19.5 Å². The molecule has 3 rings (SSSR count). The summed E-state index contributed by atoms with van der Waals surface area (Å²) in [6.45, 7) is 5.71. The van der Waals surface area contributed by atoms with E-state index in [2.05, 4.69) is 9.97 Å². The summed E-state index contributed by atoms with van der Waals surface area (Å²) in [6, 6.07) is 5.60. The van der Waals surface area contributed by atoms with Crippen molar-refractivity contribution in [1.29, 1.82) is 0 Å². The van der Waals surface area contributed by atoms with E-state index < -0.39 is 11.5 Å². The van der Waals surface area contributed by atoms with Crippen molar-refractivity contribution in [3.63, 3.8) is 0 Å². The molecule has 3 aromatic rings. The molecule has 0 amide bonds. The highest BCUT2D eigenvalue weighted by Crippen LogP contribution is 2.35. The predicted octanol–water partition coefficient (Wildman–Crippen LogP) is 3.40. The Balaban J connectivity index is 2.42. The molecule has 6 nitrogen and oxygen atoms in total. The number of fused-ring (bicyclic) bond motifs is 1. The molecule has 3 heterocycles. The van der Waals surface area contributed by atoms with Crippen LogP contribution in [0.3, 0.4) is 0 Å². The lowest BCUT2D eigenvalue weighted by Gasteiger charge is -2.30. The van der Waals surface area contributed by atoms with Crippen molar-refractivity contribution in [2.45, 2.75) is 39.2 Å². The number of hydrogen-bond donors (Lipinski definition) is 1. The summed E-state index contributed by atoms with van der Waals surface area (Å²) < 4.78 is 1.78. The monoisotopic (exact) mass is 324 g/mol. The molecule has 0 fully saturated rings. The van der Waals surface area contributed by atoms with Crippen LogP contribution in [-0.2, 0) is 10.3 Å². The summed E-state index contributed by atoms with van der Waals surface area (Å²) >= 11 is 0. The average molecular weight is 324 g/mol. The third-order valence-electron chi connectivity index (χ3n) is 4.57. The van der Waals surface area contributed by atoms with Gasteiger partial charge in [0.05, 0.1) is 0 Å². The Morgan fingerprint density at radius 3 is 2.50 bits per heavy atom. The zero-order valence-electron chi connectivity index (χ0n) is 14.0. The van der Waals surface area contributed by atoms with Gasteiger partial charge in [-0.15, -0.1) is 0 Å². The van der Waals surface area contributed by atoms with Gasteiger partial charge in [-0.3, -0.25) is 9.55 Å². The number of pyridine rings is 2. The van der Waals surface area contributed by atoms with Crippen molar-refractivity contribution >= 4 is 17.1 Å². The third kappa shape index (κ3) is 2.35. The van der Waals surface area contributed by atoms with Gasteiger partial charge in [-0.2, -0.15) is 0 Å². The first-order valence-electron chi connectivity index (χ1n) is 8.03. The molecule has 124 valence electrons. The van der Waals surface area contributed by atoms with Crippen LogP contribution < -0.4 is 0 Å². The van der Waals surface area contributed by atoms with Crippen molar-refractivity contribution in [2.24, 2.45) is 0 Å². The number of rotatable bonds is 5. The number of aryl methyl sites for hydroxylation is 1. The summed E-state index contributed by atoms with van der Waals surface area (Å²) in [5, 5.41) is 9.99. The normalized spacial score (nSPS) is 11.8. The van der Waals surface area contributed by atoms with Gasteiger partial charge in [0.15, 0.2) is 5.65 Å². The molecular formula is C18H20N4O2. The summed E-state index contributed by atoms with van der Waals surface area (Å²) in [6.07, 6.45) is 5.99. The number of aromatic nitrogens is 4. The summed E-state index contributed by atoms with van der Waals surface area (Å²) in [7, 11) is 0. The zero-order chi connectivity index (χ0) is 17.3. The van der Waals surface area contributed by atoms with Gasteiger partial charge in [-0.25, -0.2) is 14.8 Å². The minimum atomic E-state index is -1.09. The van der Waals surface area contributed by atoms with Gasteiger partial charge in [-0.1, -0.05) is 13.8 Å². The smallest absolute Gasteiger partial charge is 0.329 e. The second kappa shape index (κ2) is 6.03. The number of carbonyl (C=O) groups is 1. The molecule has 0 saturated heterocycles. The van der Waals surface area contributed by atoms with Crippen molar-refractivity contribution in [3.8, 4) is 11.4 Å². The number of aliphatic carboxylic acids is 1. The molecule has 6 heteroatoms. The molecule has 0 radical (unpaired) electrons. The maximum absolute atomic E-state index is 12.2. The molecular weight excluding hydrogens is 304 g/mol. The lowest BCUT2D eigenvalue weighted by Crippen LogP contribution is -2.41. The van der Waals surface area contributed by atoms with Crippen LogP contribution in [0.5, 0.6) is 0 Å². The number of carboxylic acid groups (broad SMARTS) is 1. The van der Waals surface area contributed by atoms with E-state index in [-0.39, 0.29) is 0 Å². The first kappa shape index (κ1) is 16.1. The summed E-state index contributed by atoms with van der Waals surface area (Å²) in [5.74, 6) is -0.263. The van der Waals surface area contributed by atoms with Crippen LogP contribution in [0.15, 0.2) is 36.8 Å². The summed E-state index contributed by atoms with van der Waals surface area (Å²) in [4.78, 5) is 25.4. The SMILES string of the molecule is CCC(CC)(C(=O)O)n1c(-c2ccncc2)nc2cc(C)cnc21. The number of imidazole rings is 1. The van der Waals surface area contributed by atoms with E-state index in [0.717, 1.165) is 11.1 Å². The number of hydrogen-bond acceptors (Lipinski definition) is 4. The molecule has 1 N–H and O–H groups in total. The fourth-order valence-electron chi connectivity index (χ4n) is 3.13. The maximum atomic E-state index is 12.2. The van der Waals surface area contributed by atoms with Crippen molar-refractivity contribution < 1.29 is 9.90 Å². The first-order valence-corrected chi connectivity index (χ1v) is 8.03. The van der Waals surface area contributed by atoms with Gasteiger partial charge in [0.1, 0.15) is 16.9 Å². The minimum Gasteiger partial charge on any atom is -0.479 e. The van der Waals surface area contributed by atoms with E-state index >= 15 is 0 Å². The van der Waals surface area contributed by atoms with Crippen LogP contribution in [0.25, 0.3) is 22.6 Å². The van der Waals surface area contributed by atoms with E-state index in [1.165, 1.54) is 0 Å². The van der Waals surface area contributed by atoms with Gasteiger partial charge in [-0.05, 0) is 43.5 Å². The molecule has 0 aliphatic heterocycles. The quantitative estimate of drug-likeness (QED) is 0.778. The molecule has 0 spiro atoms. The fraction of sp³-hybridized carbons (Fsp3) is 0.333. The maximum Gasteiger partial charge on any atom is 0.329 e. The molecule has 0 bridgehead atoms. The zero-order valence-corrected chi connectivity index (χ0v) is 14.0. The second-order valence-corrected chi connectivity index (χ2v) is 5.91. The lowest BCUT2D eigenvalue weighted by atomic mass is 9.92. The van der Waals surface area contributed by atoms with Gasteiger partial charge >= 0.3 is 5.97 Å². The third-order valence-corrected chi connectivity index (χ3v) is 4.57.